The fourth-order valence-electron chi connectivity index (χ4n) is 1.40. The predicted octanol–water partition coefficient (Wildman–Crippen LogP) is 0.684. The number of ether oxygens (including phenoxy) is 1. The van der Waals surface area contributed by atoms with Crippen LogP contribution < -0.4 is 11.1 Å². The van der Waals surface area contributed by atoms with E-state index < -0.39 is 5.97 Å². The molecule has 5 heteroatoms. The van der Waals surface area contributed by atoms with Crippen LogP contribution in [-0.2, 0) is 16.1 Å². The summed E-state index contributed by atoms with van der Waals surface area (Å²) in [5, 5.41) is 2.76. The van der Waals surface area contributed by atoms with Crippen LogP contribution in [0.5, 0.6) is 0 Å². The number of hydrogen-bond acceptors (Lipinski definition) is 4. The highest BCUT2D eigenvalue weighted by Crippen LogP contribution is 2.06. The third-order valence-electron chi connectivity index (χ3n) is 2.62. The molecule has 1 aromatic rings. The van der Waals surface area contributed by atoms with Crippen LogP contribution in [0.1, 0.15) is 22.8 Å². The zero-order chi connectivity index (χ0) is 13.5. The monoisotopic (exact) mass is 250 g/mol. The van der Waals surface area contributed by atoms with Gasteiger partial charge in [0.15, 0.2) is 0 Å². The van der Waals surface area contributed by atoms with Gasteiger partial charge < -0.3 is 15.8 Å². The summed E-state index contributed by atoms with van der Waals surface area (Å²) in [5.74, 6) is -0.701. The maximum absolute atomic E-state index is 11.5. The van der Waals surface area contributed by atoms with E-state index in [0.29, 0.717) is 18.7 Å². The van der Waals surface area contributed by atoms with Gasteiger partial charge in [0.25, 0.3) is 0 Å². The van der Waals surface area contributed by atoms with Gasteiger partial charge in [-0.15, -0.1) is 0 Å². The number of carbonyl (C=O) groups is 2. The number of hydrogen-bond donors (Lipinski definition) is 2. The van der Waals surface area contributed by atoms with Gasteiger partial charge in [0.05, 0.1) is 12.7 Å². The van der Waals surface area contributed by atoms with Crippen molar-refractivity contribution in [2.75, 3.05) is 13.7 Å². The summed E-state index contributed by atoms with van der Waals surface area (Å²) in [7, 11) is 1.33. The molecule has 1 amide bonds. The van der Waals surface area contributed by atoms with Crippen molar-refractivity contribution in [2.24, 2.45) is 11.7 Å². The number of amides is 1. The molecule has 1 unspecified atom stereocenters. The van der Waals surface area contributed by atoms with Crippen molar-refractivity contribution in [1.29, 1.82) is 0 Å². The van der Waals surface area contributed by atoms with Gasteiger partial charge >= 0.3 is 5.97 Å². The third-order valence-corrected chi connectivity index (χ3v) is 2.62. The van der Waals surface area contributed by atoms with Crippen LogP contribution in [-0.4, -0.2) is 25.5 Å². The first-order valence-corrected chi connectivity index (χ1v) is 5.73. The molecule has 0 saturated heterocycles. The Kier molecular flexibility index (Phi) is 5.32. The number of esters is 1. The maximum Gasteiger partial charge on any atom is 0.337 e. The van der Waals surface area contributed by atoms with E-state index in [-0.39, 0.29) is 11.8 Å². The lowest BCUT2D eigenvalue weighted by atomic mass is 10.1. The number of rotatable bonds is 5. The summed E-state index contributed by atoms with van der Waals surface area (Å²) < 4.78 is 4.63. The van der Waals surface area contributed by atoms with Gasteiger partial charge in [0, 0.05) is 19.0 Å². The Hall–Kier alpha value is -1.88. The molecular formula is C13H18N2O3. The Morgan fingerprint density at radius 3 is 2.78 bits per heavy atom. The lowest BCUT2D eigenvalue weighted by molar-refractivity contribution is -0.124. The summed E-state index contributed by atoms with van der Waals surface area (Å²) in [6.07, 6.45) is 0. The second kappa shape index (κ2) is 6.76. The van der Waals surface area contributed by atoms with Crippen LogP contribution >= 0.6 is 0 Å². The van der Waals surface area contributed by atoms with Gasteiger partial charge in [-0.05, 0) is 17.7 Å². The average molecular weight is 250 g/mol. The minimum atomic E-state index is -0.390. The molecule has 1 aromatic carbocycles. The van der Waals surface area contributed by atoms with Gasteiger partial charge in [-0.25, -0.2) is 4.79 Å². The molecule has 0 aliphatic rings. The Morgan fingerprint density at radius 1 is 1.44 bits per heavy atom. The summed E-state index contributed by atoms with van der Waals surface area (Å²) >= 11 is 0. The molecule has 0 saturated carbocycles. The minimum absolute atomic E-state index is 0.0963. The highest BCUT2D eigenvalue weighted by Gasteiger charge is 2.10. The van der Waals surface area contributed by atoms with Crippen LogP contribution in [0.3, 0.4) is 0 Å². The van der Waals surface area contributed by atoms with Gasteiger partial charge in [0.1, 0.15) is 0 Å². The molecule has 0 aliphatic heterocycles. The highest BCUT2D eigenvalue weighted by atomic mass is 16.5. The van der Waals surface area contributed by atoms with E-state index in [1.807, 2.05) is 6.07 Å². The Morgan fingerprint density at radius 2 is 2.17 bits per heavy atom. The first kappa shape index (κ1) is 14.2. The van der Waals surface area contributed by atoms with Crippen molar-refractivity contribution in [3.8, 4) is 0 Å². The first-order valence-electron chi connectivity index (χ1n) is 5.73. The first-order chi connectivity index (χ1) is 8.58. The number of nitrogens with two attached hydrogens (primary N) is 1. The van der Waals surface area contributed by atoms with Crippen molar-refractivity contribution in [3.05, 3.63) is 35.4 Å². The predicted molar refractivity (Wildman–Crippen MR) is 67.8 cm³/mol. The standard InChI is InChI=1S/C13H18N2O3/c1-9(7-14)12(16)15-8-10-4-3-5-11(6-10)13(17)18-2/h3-6,9H,7-8,14H2,1-2H3,(H,15,16). The van der Waals surface area contributed by atoms with Crippen LogP contribution in [0.15, 0.2) is 24.3 Å². The van der Waals surface area contributed by atoms with Crippen molar-refractivity contribution < 1.29 is 14.3 Å². The molecule has 0 aromatic heterocycles. The molecule has 1 atom stereocenters. The van der Waals surface area contributed by atoms with E-state index in [2.05, 4.69) is 10.1 Å². The summed E-state index contributed by atoms with van der Waals surface area (Å²) in [6.45, 7) is 2.45. The molecule has 0 heterocycles. The Balaban J connectivity index is 2.63. The molecule has 1 rings (SSSR count). The van der Waals surface area contributed by atoms with Crippen molar-refractivity contribution >= 4 is 11.9 Å². The van der Waals surface area contributed by atoms with E-state index in [0.717, 1.165) is 5.56 Å². The lowest BCUT2D eigenvalue weighted by Gasteiger charge is -2.10. The molecule has 5 nitrogen and oxygen atoms in total. The van der Waals surface area contributed by atoms with Crippen molar-refractivity contribution in [3.63, 3.8) is 0 Å². The summed E-state index contributed by atoms with van der Waals surface area (Å²) in [5.41, 5.74) is 6.71. The number of carbonyl (C=O) groups excluding carboxylic acids is 2. The summed E-state index contributed by atoms with van der Waals surface area (Å²) in [6, 6.07) is 6.94. The van der Waals surface area contributed by atoms with E-state index >= 15 is 0 Å². The number of methoxy groups -OCH3 is 1. The highest BCUT2D eigenvalue weighted by molar-refractivity contribution is 5.89. The molecule has 18 heavy (non-hydrogen) atoms. The molecule has 0 fully saturated rings. The maximum atomic E-state index is 11.5. The number of benzene rings is 1. The van der Waals surface area contributed by atoms with Gasteiger partial charge in [-0.3, -0.25) is 4.79 Å². The summed E-state index contributed by atoms with van der Waals surface area (Å²) in [4.78, 5) is 22.9. The third kappa shape index (κ3) is 3.85. The van der Waals surface area contributed by atoms with E-state index in [4.69, 9.17) is 5.73 Å². The topological polar surface area (TPSA) is 81.4 Å². The Bertz CT molecular complexity index is 432. The second-order valence-electron chi connectivity index (χ2n) is 4.05. The second-order valence-corrected chi connectivity index (χ2v) is 4.05. The smallest absolute Gasteiger partial charge is 0.337 e. The van der Waals surface area contributed by atoms with Crippen LogP contribution in [0.2, 0.25) is 0 Å². The van der Waals surface area contributed by atoms with Crippen molar-refractivity contribution in [2.45, 2.75) is 13.5 Å². The Labute approximate surface area is 106 Å². The van der Waals surface area contributed by atoms with Crippen LogP contribution in [0, 0.1) is 5.92 Å². The largest absolute Gasteiger partial charge is 0.465 e. The molecule has 0 spiro atoms. The van der Waals surface area contributed by atoms with Crippen LogP contribution in [0.25, 0.3) is 0 Å². The molecule has 0 radical (unpaired) electrons. The van der Waals surface area contributed by atoms with Crippen LogP contribution in [0.4, 0.5) is 0 Å². The molecule has 98 valence electrons. The zero-order valence-electron chi connectivity index (χ0n) is 10.6. The quantitative estimate of drug-likeness (QED) is 0.753. The van der Waals surface area contributed by atoms with Crippen molar-refractivity contribution in [1.82, 2.24) is 5.32 Å². The van der Waals surface area contributed by atoms with Gasteiger partial charge in [-0.1, -0.05) is 19.1 Å². The number of nitrogens with one attached hydrogen (secondary N) is 1. The average Bonchev–Trinajstić information content (AvgIpc) is 2.43. The normalized spacial score (nSPS) is 11.7. The van der Waals surface area contributed by atoms with E-state index in [1.165, 1.54) is 7.11 Å². The lowest BCUT2D eigenvalue weighted by Crippen LogP contribution is -2.32. The van der Waals surface area contributed by atoms with Gasteiger partial charge in [0.2, 0.25) is 5.91 Å². The fourth-order valence-corrected chi connectivity index (χ4v) is 1.40. The minimum Gasteiger partial charge on any atom is -0.465 e. The van der Waals surface area contributed by atoms with E-state index in [1.54, 1.807) is 25.1 Å². The zero-order valence-corrected chi connectivity index (χ0v) is 10.6. The molecule has 3 N–H and O–H groups in total. The van der Waals surface area contributed by atoms with Gasteiger partial charge in [-0.2, -0.15) is 0 Å². The SMILES string of the molecule is COC(=O)c1cccc(CNC(=O)C(C)CN)c1. The molecule has 0 bridgehead atoms. The van der Waals surface area contributed by atoms with E-state index in [9.17, 15) is 9.59 Å². The fraction of sp³-hybridized carbons (Fsp3) is 0.385. The molecule has 0 aliphatic carbocycles. The molecular weight excluding hydrogens is 232 g/mol.